The number of hydrogen-bond donors (Lipinski definition) is 2. The molecule has 0 aliphatic heterocycles. The van der Waals surface area contributed by atoms with Crippen molar-refractivity contribution in [2.75, 3.05) is 18.6 Å². The summed E-state index contributed by atoms with van der Waals surface area (Å²) in [4.78, 5) is 10.7. The van der Waals surface area contributed by atoms with Crippen LogP contribution in [-0.2, 0) is 4.79 Å². The SMILES string of the molecule is CCCSC[C@@H](NC)C(N)=O. The molecule has 11 heavy (non-hydrogen) atoms. The third-order valence-electron chi connectivity index (χ3n) is 1.32. The van der Waals surface area contributed by atoms with E-state index in [-0.39, 0.29) is 11.9 Å². The molecule has 0 radical (unpaired) electrons. The fraction of sp³-hybridized carbons (Fsp3) is 0.857. The first kappa shape index (κ1) is 10.8. The lowest BCUT2D eigenvalue weighted by molar-refractivity contribution is -0.119. The zero-order valence-corrected chi connectivity index (χ0v) is 7.91. The van der Waals surface area contributed by atoms with E-state index in [1.54, 1.807) is 18.8 Å². The highest BCUT2D eigenvalue weighted by molar-refractivity contribution is 7.99. The van der Waals surface area contributed by atoms with Crippen molar-refractivity contribution in [3.05, 3.63) is 0 Å². The largest absolute Gasteiger partial charge is 0.368 e. The molecule has 0 rings (SSSR count). The summed E-state index contributed by atoms with van der Waals surface area (Å²) < 4.78 is 0. The number of likely N-dealkylation sites (N-methyl/N-ethyl adjacent to an activating group) is 1. The minimum absolute atomic E-state index is 0.174. The van der Waals surface area contributed by atoms with Crippen LogP contribution in [0.25, 0.3) is 0 Å². The lowest BCUT2D eigenvalue weighted by Gasteiger charge is -2.10. The summed E-state index contributed by atoms with van der Waals surface area (Å²) in [5.74, 6) is 1.60. The lowest BCUT2D eigenvalue weighted by Crippen LogP contribution is -2.41. The Morgan fingerprint density at radius 1 is 1.73 bits per heavy atom. The number of nitrogens with two attached hydrogens (primary N) is 1. The van der Waals surface area contributed by atoms with E-state index < -0.39 is 0 Å². The molecule has 0 aliphatic rings. The van der Waals surface area contributed by atoms with Crippen LogP contribution in [-0.4, -0.2) is 30.5 Å². The van der Waals surface area contributed by atoms with Gasteiger partial charge in [0.2, 0.25) is 5.91 Å². The van der Waals surface area contributed by atoms with Gasteiger partial charge in [0.25, 0.3) is 0 Å². The minimum atomic E-state index is -0.267. The average molecular weight is 176 g/mol. The van der Waals surface area contributed by atoms with Gasteiger partial charge in [-0.3, -0.25) is 4.79 Å². The van der Waals surface area contributed by atoms with Crippen LogP contribution < -0.4 is 11.1 Å². The molecule has 3 nitrogen and oxygen atoms in total. The Kier molecular flexibility index (Phi) is 6.36. The Morgan fingerprint density at radius 3 is 2.73 bits per heavy atom. The smallest absolute Gasteiger partial charge is 0.235 e. The molecule has 0 spiro atoms. The van der Waals surface area contributed by atoms with Gasteiger partial charge in [-0.2, -0.15) is 11.8 Å². The zero-order chi connectivity index (χ0) is 8.69. The van der Waals surface area contributed by atoms with Crippen molar-refractivity contribution >= 4 is 17.7 Å². The minimum Gasteiger partial charge on any atom is -0.368 e. The van der Waals surface area contributed by atoms with Crippen molar-refractivity contribution in [3.8, 4) is 0 Å². The van der Waals surface area contributed by atoms with Crippen molar-refractivity contribution in [2.24, 2.45) is 5.73 Å². The topological polar surface area (TPSA) is 55.1 Å². The summed E-state index contributed by atoms with van der Waals surface area (Å²) in [5, 5.41) is 2.87. The molecule has 0 saturated carbocycles. The Morgan fingerprint density at radius 2 is 2.36 bits per heavy atom. The molecule has 1 amide bonds. The highest BCUT2D eigenvalue weighted by atomic mass is 32.2. The first-order valence-electron chi connectivity index (χ1n) is 3.76. The van der Waals surface area contributed by atoms with Gasteiger partial charge < -0.3 is 11.1 Å². The van der Waals surface area contributed by atoms with Gasteiger partial charge in [0, 0.05) is 5.75 Å². The van der Waals surface area contributed by atoms with Gasteiger partial charge in [-0.1, -0.05) is 6.92 Å². The van der Waals surface area contributed by atoms with Crippen LogP contribution in [0.3, 0.4) is 0 Å². The molecular formula is C7H16N2OS. The van der Waals surface area contributed by atoms with Crippen molar-refractivity contribution < 1.29 is 4.79 Å². The quantitative estimate of drug-likeness (QED) is 0.569. The van der Waals surface area contributed by atoms with Gasteiger partial charge in [-0.25, -0.2) is 0 Å². The first-order valence-corrected chi connectivity index (χ1v) is 4.92. The maximum atomic E-state index is 10.7. The molecule has 0 bridgehead atoms. The third kappa shape index (κ3) is 5.09. The van der Waals surface area contributed by atoms with E-state index in [1.807, 2.05) is 0 Å². The van der Waals surface area contributed by atoms with Crippen LogP contribution in [0, 0.1) is 0 Å². The summed E-state index contributed by atoms with van der Waals surface area (Å²) in [7, 11) is 1.75. The molecule has 0 aromatic rings. The number of carbonyl (C=O) groups excluding carboxylic acids is 1. The number of rotatable bonds is 6. The number of primary amides is 1. The van der Waals surface area contributed by atoms with E-state index in [2.05, 4.69) is 12.2 Å². The van der Waals surface area contributed by atoms with Crippen LogP contribution in [0.5, 0.6) is 0 Å². The number of thioether (sulfide) groups is 1. The maximum absolute atomic E-state index is 10.7. The van der Waals surface area contributed by atoms with Gasteiger partial charge in [-0.05, 0) is 19.2 Å². The number of amides is 1. The Balaban J connectivity index is 3.44. The second-order valence-electron chi connectivity index (χ2n) is 2.32. The van der Waals surface area contributed by atoms with Crippen LogP contribution >= 0.6 is 11.8 Å². The normalized spacial score (nSPS) is 12.9. The van der Waals surface area contributed by atoms with Crippen molar-refractivity contribution in [2.45, 2.75) is 19.4 Å². The molecule has 0 aromatic heterocycles. The molecule has 0 aromatic carbocycles. The summed E-state index contributed by atoms with van der Waals surface area (Å²) >= 11 is 1.75. The van der Waals surface area contributed by atoms with Crippen LogP contribution in [0.4, 0.5) is 0 Å². The molecule has 4 heteroatoms. The van der Waals surface area contributed by atoms with Crippen molar-refractivity contribution in [1.82, 2.24) is 5.32 Å². The fourth-order valence-electron chi connectivity index (χ4n) is 0.653. The monoisotopic (exact) mass is 176 g/mol. The molecule has 0 fully saturated rings. The van der Waals surface area contributed by atoms with Crippen LogP contribution in [0.1, 0.15) is 13.3 Å². The second kappa shape index (κ2) is 6.49. The van der Waals surface area contributed by atoms with Gasteiger partial charge in [0.05, 0.1) is 6.04 Å². The number of hydrogen-bond acceptors (Lipinski definition) is 3. The first-order chi connectivity index (χ1) is 5.22. The van der Waals surface area contributed by atoms with E-state index in [1.165, 1.54) is 0 Å². The second-order valence-corrected chi connectivity index (χ2v) is 3.47. The molecule has 0 unspecified atom stereocenters. The number of carbonyl (C=O) groups is 1. The van der Waals surface area contributed by atoms with Gasteiger partial charge in [0.15, 0.2) is 0 Å². The summed E-state index contributed by atoms with van der Waals surface area (Å²) in [5.41, 5.74) is 5.11. The average Bonchev–Trinajstić information content (AvgIpc) is 1.97. The molecule has 0 aliphatic carbocycles. The van der Waals surface area contributed by atoms with E-state index in [0.29, 0.717) is 0 Å². The highest BCUT2D eigenvalue weighted by Gasteiger charge is 2.10. The van der Waals surface area contributed by atoms with Gasteiger partial charge >= 0.3 is 0 Å². The molecule has 0 saturated heterocycles. The number of nitrogens with one attached hydrogen (secondary N) is 1. The van der Waals surface area contributed by atoms with Crippen molar-refractivity contribution in [3.63, 3.8) is 0 Å². The van der Waals surface area contributed by atoms with Gasteiger partial charge in [-0.15, -0.1) is 0 Å². The third-order valence-corrected chi connectivity index (χ3v) is 2.59. The maximum Gasteiger partial charge on any atom is 0.235 e. The van der Waals surface area contributed by atoms with Crippen molar-refractivity contribution in [1.29, 1.82) is 0 Å². The molecule has 0 heterocycles. The van der Waals surface area contributed by atoms with E-state index in [0.717, 1.165) is 17.9 Å². The summed E-state index contributed by atoms with van der Waals surface area (Å²) in [6.07, 6.45) is 1.14. The zero-order valence-electron chi connectivity index (χ0n) is 7.09. The van der Waals surface area contributed by atoms with Gasteiger partial charge in [0.1, 0.15) is 0 Å². The Hall–Kier alpha value is -0.220. The standard InChI is InChI=1S/C7H16N2OS/c1-3-4-11-5-6(9-2)7(8)10/h6,9H,3-5H2,1-2H3,(H2,8,10)/t6-/m1/s1. The summed E-state index contributed by atoms with van der Waals surface area (Å²) in [6, 6.07) is -0.174. The molecule has 3 N–H and O–H groups in total. The predicted molar refractivity (Wildman–Crippen MR) is 49.7 cm³/mol. The Labute approximate surface area is 72.1 Å². The van der Waals surface area contributed by atoms with Crippen LogP contribution in [0.15, 0.2) is 0 Å². The van der Waals surface area contributed by atoms with E-state index in [9.17, 15) is 4.79 Å². The lowest BCUT2D eigenvalue weighted by atomic mass is 10.3. The Bertz CT molecular complexity index is 119. The molecule has 66 valence electrons. The highest BCUT2D eigenvalue weighted by Crippen LogP contribution is 2.03. The summed E-state index contributed by atoms with van der Waals surface area (Å²) in [6.45, 7) is 2.12. The predicted octanol–water partition coefficient (Wildman–Crippen LogP) is 0.203. The van der Waals surface area contributed by atoms with Crippen LogP contribution in [0.2, 0.25) is 0 Å². The van der Waals surface area contributed by atoms with E-state index in [4.69, 9.17) is 5.73 Å². The molecule has 1 atom stereocenters. The van der Waals surface area contributed by atoms with E-state index >= 15 is 0 Å². The molecular weight excluding hydrogens is 160 g/mol. The fourth-order valence-corrected chi connectivity index (χ4v) is 1.68.